The number of nitrogen functional groups attached to an aromatic ring is 1. The van der Waals surface area contributed by atoms with Crippen LogP contribution in [-0.2, 0) is 0 Å². The molecule has 0 aliphatic carbocycles. The third kappa shape index (κ3) is 3.24. The molecule has 0 saturated carbocycles. The van der Waals surface area contributed by atoms with E-state index in [2.05, 4.69) is 50.0 Å². The van der Waals surface area contributed by atoms with Crippen LogP contribution in [0.4, 0.5) is 5.82 Å². The molecule has 4 rings (SSSR count). The Labute approximate surface area is 169 Å². The fraction of sp³-hybridized carbons (Fsp3) is 0.227. The lowest BCUT2D eigenvalue weighted by atomic mass is 10.0. The Balaban J connectivity index is 1.94. The number of nitrogens with zero attached hydrogens (tertiary/aromatic N) is 4. The van der Waals surface area contributed by atoms with Crippen LogP contribution in [0.1, 0.15) is 30.9 Å². The molecule has 2 aromatic carbocycles. The molecular formula is C22H23N5S. The van der Waals surface area contributed by atoms with Crippen LogP contribution in [0.3, 0.4) is 0 Å². The van der Waals surface area contributed by atoms with E-state index in [0.29, 0.717) is 22.5 Å². The molecule has 0 radical (unpaired) electrons. The van der Waals surface area contributed by atoms with Crippen molar-refractivity contribution in [3.63, 3.8) is 0 Å². The Hall–Kier alpha value is -2.86. The van der Waals surface area contributed by atoms with Crippen molar-refractivity contribution in [2.45, 2.75) is 31.8 Å². The molecule has 5 nitrogen and oxygen atoms in total. The van der Waals surface area contributed by atoms with Gasteiger partial charge in [-0.1, -0.05) is 61.5 Å². The van der Waals surface area contributed by atoms with Crippen molar-refractivity contribution in [2.75, 3.05) is 12.0 Å². The van der Waals surface area contributed by atoms with Gasteiger partial charge < -0.3 is 5.73 Å². The molecule has 0 spiro atoms. The summed E-state index contributed by atoms with van der Waals surface area (Å²) in [5.74, 6) is 1.03. The minimum atomic E-state index is 0.478. The average Bonchev–Trinajstić information content (AvgIpc) is 3.04. The highest BCUT2D eigenvalue weighted by Gasteiger charge is 2.19. The molecule has 28 heavy (non-hydrogen) atoms. The normalized spacial score (nSPS) is 11.5. The first-order valence-corrected chi connectivity index (χ1v) is 10.5. The summed E-state index contributed by atoms with van der Waals surface area (Å²) in [6, 6.07) is 16.6. The highest BCUT2D eigenvalue weighted by Crippen LogP contribution is 2.33. The number of nitrogens with two attached hydrogens (primary N) is 1. The van der Waals surface area contributed by atoms with E-state index in [1.807, 2.05) is 30.5 Å². The fourth-order valence-corrected chi connectivity index (χ4v) is 3.64. The molecule has 4 aromatic rings. The van der Waals surface area contributed by atoms with Crippen molar-refractivity contribution in [1.82, 2.24) is 19.7 Å². The Morgan fingerprint density at radius 2 is 1.79 bits per heavy atom. The molecule has 0 aliphatic heterocycles. The smallest absolute Gasteiger partial charge is 0.190 e. The van der Waals surface area contributed by atoms with Crippen LogP contribution in [0.5, 0.6) is 0 Å². The first kappa shape index (κ1) is 18.5. The van der Waals surface area contributed by atoms with Gasteiger partial charge in [-0.2, -0.15) is 0 Å². The number of aromatic nitrogens is 4. The summed E-state index contributed by atoms with van der Waals surface area (Å²) in [5.41, 5.74) is 12.4. The summed E-state index contributed by atoms with van der Waals surface area (Å²) < 4.78 is 1.76. The van der Waals surface area contributed by atoms with E-state index in [9.17, 15) is 0 Å². The van der Waals surface area contributed by atoms with Crippen LogP contribution in [0.2, 0.25) is 0 Å². The zero-order valence-electron chi connectivity index (χ0n) is 16.5. The standard InChI is InChI=1S/C22H23N5S/c1-13(2)15-8-10-17(11-9-15)27-20(23)18-19(16-7-5-6-14(3)12-16)24-22(28-4)25-21(18)26-27/h5-13H,23H2,1-4H3. The average molecular weight is 390 g/mol. The Morgan fingerprint density at radius 1 is 1.04 bits per heavy atom. The number of rotatable bonds is 4. The van der Waals surface area contributed by atoms with Crippen LogP contribution in [-0.4, -0.2) is 26.0 Å². The largest absolute Gasteiger partial charge is 0.383 e. The van der Waals surface area contributed by atoms with Gasteiger partial charge in [-0.05, 0) is 42.9 Å². The fourth-order valence-electron chi connectivity index (χ4n) is 3.28. The molecule has 0 bridgehead atoms. The van der Waals surface area contributed by atoms with Gasteiger partial charge in [0.15, 0.2) is 10.8 Å². The van der Waals surface area contributed by atoms with Crippen LogP contribution < -0.4 is 5.73 Å². The SMILES string of the molecule is CSc1nc(-c2cccc(C)c2)c2c(N)n(-c3ccc(C(C)C)cc3)nc2n1. The second-order valence-electron chi connectivity index (χ2n) is 7.17. The molecular weight excluding hydrogens is 366 g/mol. The number of anilines is 1. The molecule has 6 heteroatoms. The van der Waals surface area contributed by atoms with Crippen molar-refractivity contribution in [3.8, 4) is 16.9 Å². The molecule has 2 heterocycles. The zero-order chi connectivity index (χ0) is 19.8. The number of benzene rings is 2. The van der Waals surface area contributed by atoms with Crippen molar-refractivity contribution < 1.29 is 0 Å². The lowest BCUT2D eigenvalue weighted by Crippen LogP contribution is -2.02. The summed E-state index contributed by atoms with van der Waals surface area (Å²) in [4.78, 5) is 9.35. The number of thioether (sulfide) groups is 1. The van der Waals surface area contributed by atoms with E-state index in [4.69, 9.17) is 15.8 Å². The van der Waals surface area contributed by atoms with Crippen LogP contribution in [0.15, 0.2) is 53.7 Å². The molecule has 0 aliphatic rings. The lowest BCUT2D eigenvalue weighted by Gasteiger charge is -2.08. The van der Waals surface area contributed by atoms with E-state index in [1.54, 1.807) is 4.68 Å². The molecule has 0 fully saturated rings. The van der Waals surface area contributed by atoms with Crippen molar-refractivity contribution in [1.29, 1.82) is 0 Å². The summed E-state index contributed by atoms with van der Waals surface area (Å²) in [5, 5.41) is 6.17. The summed E-state index contributed by atoms with van der Waals surface area (Å²) >= 11 is 1.50. The van der Waals surface area contributed by atoms with E-state index in [1.165, 1.54) is 22.9 Å². The van der Waals surface area contributed by atoms with E-state index in [0.717, 1.165) is 22.3 Å². The minimum Gasteiger partial charge on any atom is -0.383 e. The molecule has 0 unspecified atom stereocenters. The second kappa shape index (κ2) is 7.28. The highest BCUT2D eigenvalue weighted by atomic mass is 32.2. The molecule has 0 amide bonds. The summed E-state index contributed by atoms with van der Waals surface area (Å²) in [7, 11) is 0. The van der Waals surface area contributed by atoms with E-state index >= 15 is 0 Å². The van der Waals surface area contributed by atoms with Gasteiger partial charge in [-0.3, -0.25) is 0 Å². The maximum Gasteiger partial charge on any atom is 0.190 e. The van der Waals surface area contributed by atoms with Gasteiger partial charge >= 0.3 is 0 Å². The van der Waals surface area contributed by atoms with Gasteiger partial charge in [0, 0.05) is 5.56 Å². The van der Waals surface area contributed by atoms with E-state index in [-0.39, 0.29) is 0 Å². The first-order valence-electron chi connectivity index (χ1n) is 9.25. The molecule has 0 saturated heterocycles. The maximum absolute atomic E-state index is 6.55. The van der Waals surface area contributed by atoms with Crippen molar-refractivity contribution in [2.24, 2.45) is 0 Å². The van der Waals surface area contributed by atoms with Gasteiger partial charge in [0.1, 0.15) is 5.82 Å². The lowest BCUT2D eigenvalue weighted by molar-refractivity contribution is 0.857. The van der Waals surface area contributed by atoms with Gasteiger partial charge in [-0.25, -0.2) is 14.6 Å². The van der Waals surface area contributed by atoms with Gasteiger partial charge in [0.05, 0.1) is 16.8 Å². The van der Waals surface area contributed by atoms with Crippen molar-refractivity contribution >= 4 is 28.6 Å². The monoisotopic (exact) mass is 389 g/mol. The summed E-state index contributed by atoms with van der Waals surface area (Å²) in [6.07, 6.45) is 1.96. The molecule has 0 atom stereocenters. The molecule has 2 N–H and O–H groups in total. The number of hydrogen-bond donors (Lipinski definition) is 1. The Bertz CT molecular complexity index is 1150. The van der Waals surface area contributed by atoms with Crippen LogP contribution >= 0.6 is 11.8 Å². The van der Waals surface area contributed by atoms with Gasteiger partial charge in [-0.15, -0.1) is 5.10 Å². The quantitative estimate of drug-likeness (QED) is 0.383. The Kier molecular flexibility index (Phi) is 4.81. The number of fused-ring (bicyclic) bond motifs is 1. The maximum atomic E-state index is 6.55. The topological polar surface area (TPSA) is 69.6 Å². The zero-order valence-corrected chi connectivity index (χ0v) is 17.3. The predicted octanol–water partition coefficient (Wildman–Crippen LogP) is 5.22. The van der Waals surface area contributed by atoms with Crippen molar-refractivity contribution in [3.05, 3.63) is 59.7 Å². The summed E-state index contributed by atoms with van der Waals surface area (Å²) in [6.45, 7) is 6.43. The van der Waals surface area contributed by atoms with Crippen LogP contribution in [0, 0.1) is 6.92 Å². The minimum absolute atomic E-state index is 0.478. The number of aryl methyl sites for hydroxylation is 1. The molecule has 142 valence electrons. The predicted molar refractivity (Wildman–Crippen MR) is 117 cm³/mol. The van der Waals surface area contributed by atoms with Gasteiger partial charge in [0.25, 0.3) is 0 Å². The molecule has 2 aromatic heterocycles. The van der Waals surface area contributed by atoms with Crippen LogP contribution in [0.25, 0.3) is 28.0 Å². The second-order valence-corrected chi connectivity index (χ2v) is 7.94. The van der Waals surface area contributed by atoms with E-state index < -0.39 is 0 Å². The third-order valence-corrected chi connectivity index (χ3v) is 5.37. The third-order valence-electron chi connectivity index (χ3n) is 4.83. The highest BCUT2D eigenvalue weighted by molar-refractivity contribution is 7.98. The first-order chi connectivity index (χ1) is 13.5. The van der Waals surface area contributed by atoms with Gasteiger partial charge in [0.2, 0.25) is 0 Å². The Morgan fingerprint density at radius 3 is 2.43 bits per heavy atom. The number of hydrogen-bond acceptors (Lipinski definition) is 5.